The molecule has 1 rings (SSSR count). The molecule has 1 heterocycles. The van der Waals surface area contributed by atoms with Crippen LogP contribution in [0.15, 0.2) is 0 Å². The SMILES string of the molecule is C[C@H](C(=O)O)N1CCN(C)[C@@H](C)C1.Cl.Cl. The van der Waals surface area contributed by atoms with Crippen LogP contribution in [-0.2, 0) is 4.79 Å². The second-order valence-electron chi connectivity index (χ2n) is 3.84. The van der Waals surface area contributed by atoms with Crippen molar-refractivity contribution in [2.45, 2.75) is 25.9 Å². The zero-order valence-electron chi connectivity index (χ0n) is 9.34. The number of carboxylic acids is 1. The lowest BCUT2D eigenvalue weighted by Crippen LogP contribution is -2.54. The minimum atomic E-state index is -0.725. The van der Waals surface area contributed by atoms with Gasteiger partial charge in [-0.25, -0.2) is 0 Å². The third-order valence-corrected chi connectivity index (χ3v) is 2.90. The Balaban J connectivity index is 0. The van der Waals surface area contributed by atoms with E-state index in [-0.39, 0.29) is 30.9 Å². The first-order chi connectivity index (χ1) is 6.02. The van der Waals surface area contributed by atoms with Crippen LogP contribution in [0.25, 0.3) is 0 Å². The Morgan fingerprint density at radius 2 is 1.93 bits per heavy atom. The molecule has 1 saturated heterocycles. The van der Waals surface area contributed by atoms with E-state index in [1.165, 1.54) is 0 Å². The molecule has 1 N–H and O–H groups in total. The molecule has 0 radical (unpaired) electrons. The smallest absolute Gasteiger partial charge is 0.320 e. The van der Waals surface area contributed by atoms with E-state index in [0.29, 0.717) is 6.04 Å². The van der Waals surface area contributed by atoms with Crippen LogP contribution in [0.4, 0.5) is 0 Å². The van der Waals surface area contributed by atoms with Gasteiger partial charge < -0.3 is 10.0 Å². The van der Waals surface area contributed by atoms with E-state index in [9.17, 15) is 4.79 Å². The first kappa shape index (κ1) is 17.4. The number of nitrogens with zero attached hydrogens (tertiary/aromatic N) is 2. The predicted molar refractivity (Wildman–Crippen MR) is 65.3 cm³/mol. The van der Waals surface area contributed by atoms with Crippen molar-refractivity contribution in [1.29, 1.82) is 0 Å². The second-order valence-corrected chi connectivity index (χ2v) is 3.84. The maximum Gasteiger partial charge on any atom is 0.320 e. The highest BCUT2D eigenvalue weighted by Crippen LogP contribution is 2.10. The van der Waals surface area contributed by atoms with Gasteiger partial charge in [-0.1, -0.05) is 0 Å². The Hall–Kier alpha value is -0.0300. The zero-order chi connectivity index (χ0) is 10.0. The van der Waals surface area contributed by atoms with Crippen LogP contribution in [0.5, 0.6) is 0 Å². The van der Waals surface area contributed by atoms with E-state index < -0.39 is 5.97 Å². The lowest BCUT2D eigenvalue weighted by atomic mass is 10.1. The summed E-state index contributed by atoms with van der Waals surface area (Å²) in [6, 6.07) is 0.103. The van der Waals surface area contributed by atoms with Crippen molar-refractivity contribution < 1.29 is 9.90 Å². The van der Waals surface area contributed by atoms with Gasteiger partial charge in [0.15, 0.2) is 0 Å². The molecule has 0 aromatic rings. The van der Waals surface area contributed by atoms with E-state index in [4.69, 9.17) is 5.11 Å². The molecule has 1 fully saturated rings. The molecule has 1 aliphatic rings. The van der Waals surface area contributed by atoms with Crippen LogP contribution in [0.2, 0.25) is 0 Å². The van der Waals surface area contributed by atoms with Gasteiger partial charge in [-0.2, -0.15) is 0 Å². The van der Waals surface area contributed by atoms with Gasteiger partial charge in [-0.05, 0) is 20.9 Å². The number of hydrogen-bond acceptors (Lipinski definition) is 3. The molecule has 2 atom stereocenters. The van der Waals surface area contributed by atoms with Crippen molar-refractivity contribution in [3.05, 3.63) is 0 Å². The topological polar surface area (TPSA) is 43.8 Å². The Morgan fingerprint density at radius 1 is 1.40 bits per heavy atom. The van der Waals surface area contributed by atoms with Gasteiger partial charge in [0.25, 0.3) is 0 Å². The standard InChI is InChI=1S/C9H18N2O2.2ClH/c1-7-6-11(5-4-10(7)3)8(2)9(12)13;;/h7-8H,4-6H2,1-3H3,(H,12,13);2*1H/t7-,8+;;/m0../s1. The van der Waals surface area contributed by atoms with E-state index in [1.807, 2.05) is 4.90 Å². The molecule has 0 aromatic carbocycles. The number of carboxylic acid groups (broad SMARTS) is 1. The minimum absolute atomic E-state index is 0. The molecule has 1 aliphatic heterocycles. The number of carbonyl (C=O) groups is 1. The van der Waals surface area contributed by atoms with Crippen molar-refractivity contribution in [3.8, 4) is 0 Å². The molecular weight excluding hydrogens is 239 g/mol. The lowest BCUT2D eigenvalue weighted by molar-refractivity contribution is -0.143. The molecule has 0 bridgehead atoms. The Bertz CT molecular complexity index is 205. The number of rotatable bonds is 2. The maximum atomic E-state index is 10.7. The molecule has 0 aliphatic carbocycles. The Kier molecular flexibility index (Phi) is 8.43. The zero-order valence-corrected chi connectivity index (χ0v) is 11.0. The van der Waals surface area contributed by atoms with Crippen LogP contribution >= 0.6 is 24.8 Å². The first-order valence-corrected chi connectivity index (χ1v) is 4.69. The molecule has 0 amide bonds. The van der Waals surface area contributed by atoms with E-state index >= 15 is 0 Å². The van der Waals surface area contributed by atoms with Crippen molar-refractivity contribution in [2.75, 3.05) is 26.7 Å². The summed E-state index contributed by atoms with van der Waals surface area (Å²) in [6.07, 6.45) is 0. The van der Waals surface area contributed by atoms with Gasteiger partial charge in [0.05, 0.1) is 0 Å². The molecule has 15 heavy (non-hydrogen) atoms. The van der Waals surface area contributed by atoms with Gasteiger partial charge in [0, 0.05) is 25.7 Å². The van der Waals surface area contributed by atoms with Crippen molar-refractivity contribution in [2.24, 2.45) is 0 Å². The average molecular weight is 259 g/mol. The van der Waals surface area contributed by atoms with Crippen LogP contribution in [-0.4, -0.2) is 59.6 Å². The summed E-state index contributed by atoms with van der Waals surface area (Å²) in [5.74, 6) is -0.725. The van der Waals surface area contributed by atoms with Gasteiger partial charge in [0.2, 0.25) is 0 Å². The fourth-order valence-electron chi connectivity index (χ4n) is 1.58. The lowest BCUT2D eigenvalue weighted by Gasteiger charge is -2.39. The third kappa shape index (κ3) is 4.55. The number of hydrogen-bond donors (Lipinski definition) is 1. The summed E-state index contributed by atoms with van der Waals surface area (Å²) >= 11 is 0. The van der Waals surface area contributed by atoms with E-state index in [2.05, 4.69) is 18.9 Å². The number of aliphatic carboxylic acids is 1. The maximum absolute atomic E-state index is 10.7. The Morgan fingerprint density at radius 3 is 2.33 bits per heavy atom. The van der Waals surface area contributed by atoms with E-state index in [1.54, 1.807) is 6.92 Å². The highest BCUT2D eigenvalue weighted by atomic mass is 35.5. The van der Waals surface area contributed by atoms with Gasteiger partial charge >= 0.3 is 5.97 Å². The molecule has 0 saturated carbocycles. The fourth-order valence-corrected chi connectivity index (χ4v) is 1.58. The summed E-state index contributed by atoms with van der Waals surface area (Å²) in [5, 5.41) is 8.83. The molecule has 6 heteroatoms. The average Bonchev–Trinajstić information content (AvgIpc) is 2.08. The summed E-state index contributed by atoms with van der Waals surface area (Å²) < 4.78 is 0. The van der Waals surface area contributed by atoms with Gasteiger partial charge in [-0.3, -0.25) is 9.69 Å². The molecule has 0 aromatic heterocycles. The number of piperazine rings is 1. The van der Waals surface area contributed by atoms with Crippen LogP contribution in [0.1, 0.15) is 13.8 Å². The quantitative estimate of drug-likeness (QED) is 0.801. The Labute approximate surface area is 103 Å². The van der Waals surface area contributed by atoms with E-state index in [0.717, 1.165) is 19.6 Å². The second kappa shape index (κ2) is 7.28. The highest BCUT2D eigenvalue weighted by molar-refractivity contribution is 5.85. The van der Waals surface area contributed by atoms with Crippen molar-refractivity contribution in [1.82, 2.24) is 9.80 Å². The normalized spacial score (nSPS) is 24.9. The van der Waals surface area contributed by atoms with Crippen LogP contribution in [0.3, 0.4) is 0 Å². The third-order valence-electron chi connectivity index (χ3n) is 2.90. The number of likely N-dealkylation sites (N-methyl/N-ethyl adjacent to an activating group) is 1. The largest absolute Gasteiger partial charge is 0.480 e. The summed E-state index contributed by atoms with van der Waals surface area (Å²) in [7, 11) is 2.08. The molecule has 0 unspecified atom stereocenters. The highest BCUT2D eigenvalue weighted by Gasteiger charge is 2.27. The van der Waals surface area contributed by atoms with Crippen molar-refractivity contribution >= 4 is 30.8 Å². The molecule has 0 spiro atoms. The first-order valence-electron chi connectivity index (χ1n) is 4.69. The number of halogens is 2. The monoisotopic (exact) mass is 258 g/mol. The van der Waals surface area contributed by atoms with Gasteiger partial charge in [-0.15, -0.1) is 24.8 Å². The molecule has 92 valence electrons. The summed E-state index contributed by atoms with van der Waals surface area (Å²) in [6.45, 7) is 6.54. The van der Waals surface area contributed by atoms with Crippen molar-refractivity contribution in [3.63, 3.8) is 0 Å². The molecular formula is C9H20Cl2N2O2. The molecule has 4 nitrogen and oxygen atoms in total. The predicted octanol–water partition coefficient (Wildman–Crippen LogP) is 0.939. The van der Waals surface area contributed by atoms with Crippen LogP contribution < -0.4 is 0 Å². The summed E-state index contributed by atoms with van der Waals surface area (Å²) in [5.41, 5.74) is 0. The minimum Gasteiger partial charge on any atom is -0.480 e. The van der Waals surface area contributed by atoms with Gasteiger partial charge in [0.1, 0.15) is 6.04 Å². The summed E-state index contributed by atoms with van der Waals surface area (Å²) in [4.78, 5) is 15.0. The fraction of sp³-hybridized carbons (Fsp3) is 0.889. The van der Waals surface area contributed by atoms with Crippen LogP contribution in [0, 0.1) is 0 Å².